The van der Waals surface area contributed by atoms with Crippen LogP contribution in [-0.4, -0.2) is 20.2 Å². The van der Waals surface area contributed by atoms with Crippen LogP contribution in [0.5, 0.6) is 0 Å². The average Bonchev–Trinajstić information content (AvgIpc) is 2.46. The molecule has 3 rings (SSSR count). The number of hydrogen-bond donors (Lipinski definition) is 2. The molecule has 0 radical (unpaired) electrons. The van der Waals surface area contributed by atoms with Gasteiger partial charge in [-0.25, -0.2) is 9.97 Å². The molecule has 2 N–H and O–H groups in total. The quantitative estimate of drug-likeness (QED) is 0.713. The normalized spacial score (nSPS) is 11.3. The van der Waals surface area contributed by atoms with E-state index in [2.05, 4.69) is 25.9 Å². The van der Waals surface area contributed by atoms with Gasteiger partial charge in [-0.15, -0.1) is 0 Å². The number of rotatable bonds is 2. The van der Waals surface area contributed by atoms with E-state index in [-0.39, 0.29) is 13.2 Å². The third kappa shape index (κ3) is 2.10. The maximum absolute atomic E-state index is 9.20. The monoisotopic (exact) mass is 318 g/mol. The van der Waals surface area contributed by atoms with Gasteiger partial charge in [0.25, 0.3) is 0 Å². The third-order valence-corrected chi connectivity index (χ3v) is 3.68. The summed E-state index contributed by atoms with van der Waals surface area (Å²) in [5.74, 6) is 0. The second-order valence-electron chi connectivity index (χ2n) is 4.25. The van der Waals surface area contributed by atoms with Gasteiger partial charge in [-0.3, -0.25) is 0 Å². The number of halogens is 1. The molecule has 0 amide bonds. The molecule has 0 aliphatic rings. The van der Waals surface area contributed by atoms with Crippen LogP contribution >= 0.6 is 15.9 Å². The fourth-order valence-corrected chi connectivity index (χ4v) is 2.65. The number of fused-ring (bicyclic) bond motifs is 3. The van der Waals surface area contributed by atoms with Crippen LogP contribution in [-0.2, 0) is 13.2 Å². The average molecular weight is 319 g/mol. The molecule has 2 aromatic heterocycles. The Balaban J connectivity index is 2.46. The minimum absolute atomic E-state index is 0.104. The summed E-state index contributed by atoms with van der Waals surface area (Å²) in [6.07, 6.45) is 0. The van der Waals surface area contributed by atoms with Crippen LogP contribution in [0.4, 0.5) is 0 Å². The molecular weight excluding hydrogens is 308 g/mol. The van der Waals surface area contributed by atoms with Crippen LogP contribution in [0.15, 0.2) is 34.8 Å². The first kappa shape index (κ1) is 12.5. The Hall–Kier alpha value is -1.56. The van der Waals surface area contributed by atoms with Gasteiger partial charge in [0.05, 0.1) is 35.6 Å². The molecule has 0 saturated heterocycles. The third-order valence-electron chi connectivity index (χ3n) is 3.02. The van der Waals surface area contributed by atoms with Crippen molar-refractivity contribution < 1.29 is 10.2 Å². The van der Waals surface area contributed by atoms with Crippen molar-refractivity contribution in [2.45, 2.75) is 13.2 Å². The van der Waals surface area contributed by atoms with Crippen LogP contribution in [0.25, 0.3) is 21.8 Å². The summed E-state index contributed by atoms with van der Waals surface area (Å²) in [5.41, 5.74) is 2.67. The number of nitrogens with zero attached hydrogens (tertiary/aromatic N) is 2. The molecule has 5 heteroatoms. The Bertz CT molecular complexity index is 774. The molecule has 4 nitrogen and oxygen atoms in total. The molecule has 0 atom stereocenters. The molecule has 0 saturated carbocycles. The first-order valence-electron chi connectivity index (χ1n) is 5.82. The largest absolute Gasteiger partial charge is 0.390 e. The first-order valence-corrected chi connectivity index (χ1v) is 6.61. The molecule has 19 heavy (non-hydrogen) atoms. The lowest BCUT2D eigenvalue weighted by atomic mass is 10.1. The Morgan fingerprint density at radius 3 is 2.21 bits per heavy atom. The van der Waals surface area contributed by atoms with E-state index < -0.39 is 0 Å². The van der Waals surface area contributed by atoms with E-state index in [1.54, 1.807) is 12.1 Å². The fourth-order valence-electron chi connectivity index (χ4n) is 2.08. The maximum Gasteiger partial charge on any atom is 0.0980 e. The lowest BCUT2D eigenvalue weighted by molar-refractivity contribution is 0.277. The number of aliphatic hydroxyl groups is 2. The van der Waals surface area contributed by atoms with Crippen molar-refractivity contribution >= 4 is 37.7 Å². The van der Waals surface area contributed by atoms with Crippen molar-refractivity contribution in [1.29, 1.82) is 0 Å². The number of aliphatic hydroxyl groups excluding tert-OH is 2. The molecule has 0 unspecified atom stereocenters. The van der Waals surface area contributed by atoms with Crippen molar-refractivity contribution in [2.75, 3.05) is 0 Å². The van der Waals surface area contributed by atoms with E-state index in [4.69, 9.17) is 0 Å². The Morgan fingerprint density at radius 1 is 0.895 bits per heavy atom. The topological polar surface area (TPSA) is 66.2 Å². The molecule has 2 heterocycles. The van der Waals surface area contributed by atoms with Gasteiger partial charge >= 0.3 is 0 Å². The van der Waals surface area contributed by atoms with Crippen molar-refractivity contribution in [3.05, 3.63) is 46.2 Å². The molecule has 1 aromatic carbocycles. The van der Waals surface area contributed by atoms with Crippen LogP contribution in [0.1, 0.15) is 11.4 Å². The van der Waals surface area contributed by atoms with Crippen LogP contribution < -0.4 is 0 Å². The summed E-state index contributed by atoms with van der Waals surface area (Å²) in [4.78, 5) is 8.86. The summed E-state index contributed by atoms with van der Waals surface area (Å²) < 4.78 is 0.936. The highest BCUT2D eigenvalue weighted by molar-refractivity contribution is 9.10. The minimum atomic E-state index is -0.108. The highest BCUT2D eigenvalue weighted by Crippen LogP contribution is 2.30. The maximum atomic E-state index is 9.20. The summed E-state index contributed by atoms with van der Waals surface area (Å²) in [6.45, 7) is -0.211. The predicted octanol–water partition coefficient (Wildman–Crippen LogP) is 2.53. The van der Waals surface area contributed by atoms with Crippen LogP contribution in [0.3, 0.4) is 0 Å². The van der Waals surface area contributed by atoms with Gasteiger partial charge in [0, 0.05) is 15.2 Å². The molecule has 3 aromatic rings. The van der Waals surface area contributed by atoms with Gasteiger partial charge in [-0.2, -0.15) is 0 Å². The van der Waals surface area contributed by atoms with Crippen molar-refractivity contribution in [3.63, 3.8) is 0 Å². The lowest BCUT2D eigenvalue weighted by Gasteiger charge is -2.07. The lowest BCUT2D eigenvalue weighted by Crippen LogP contribution is -1.95. The van der Waals surface area contributed by atoms with E-state index in [0.29, 0.717) is 11.4 Å². The number of aromatic nitrogens is 2. The predicted molar refractivity (Wildman–Crippen MR) is 76.6 cm³/mol. The van der Waals surface area contributed by atoms with Gasteiger partial charge in [0.15, 0.2) is 0 Å². The summed E-state index contributed by atoms with van der Waals surface area (Å²) in [5, 5.41) is 20.3. The number of benzene rings is 1. The smallest absolute Gasteiger partial charge is 0.0980 e. The zero-order valence-electron chi connectivity index (χ0n) is 9.97. The summed E-state index contributed by atoms with van der Waals surface area (Å²) >= 11 is 3.52. The molecular formula is C14H11BrN2O2. The Morgan fingerprint density at radius 2 is 1.53 bits per heavy atom. The summed E-state index contributed by atoms with van der Waals surface area (Å²) in [6, 6.07) is 9.37. The van der Waals surface area contributed by atoms with Gasteiger partial charge in [0.2, 0.25) is 0 Å². The zero-order valence-corrected chi connectivity index (χ0v) is 11.6. The van der Waals surface area contributed by atoms with Crippen LogP contribution in [0, 0.1) is 0 Å². The van der Waals surface area contributed by atoms with Gasteiger partial charge in [0.1, 0.15) is 0 Å². The van der Waals surface area contributed by atoms with Crippen molar-refractivity contribution in [3.8, 4) is 0 Å². The van der Waals surface area contributed by atoms with Gasteiger partial charge in [-0.1, -0.05) is 22.0 Å². The standard InChI is InChI=1S/C14H11BrN2O2/c15-12-5-8-1-2-9(6-18)16-13(8)14-11(12)4-3-10(7-19)17-14/h1-5,18-19H,6-7H2. The molecule has 0 fully saturated rings. The Labute approximate surface area is 117 Å². The van der Waals surface area contributed by atoms with Gasteiger partial charge < -0.3 is 10.2 Å². The minimum Gasteiger partial charge on any atom is -0.390 e. The van der Waals surface area contributed by atoms with Gasteiger partial charge in [-0.05, 0) is 24.3 Å². The van der Waals surface area contributed by atoms with Crippen LogP contribution in [0.2, 0.25) is 0 Å². The Kier molecular flexibility index (Phi) is 3.18. The second kappa shape index (κ2) is 4.85. The van der Waals surface area contributed by atoms with Crippen molar-refractivity contribution in [2.24, 2.45) is 0 Å². The molecule has 0 aliphatic carbocycles. The molecule has 0 bridgehead atoms. The highest BCUT2D eigenvalue weighted by atomic mass is 79.9. The van der Waals surface area contributed by atoms with E-state index in [1.165, 1.54) is 0 Å². The number of pyridine rings is 2. The highest BCUT2D eigenvalue weighted by Gasteiger charge is 2.09. The number of hydrogen-bond acceptors (Lipinski definition) is 4. The van der Waals surface area contributed by atoms with E-state index >= 15 is 0 Å². The molecule has 96 valence electrons. The first-order chi connectivity index (χ1) is 9.22. The zero-order chi connectivity index (χ0) is 13.4. The van der Waals surface area contributed by atoms with E-state index in [1.807, 2.05) is 18.2 Å². The molecule has 0 spiro atoms. The molecule has 0 aliphatic heterocycles. The second-order valence-corrected chi connectivity index (χ2v) is 5.10. The van der Waals surface area contributed by atoms with Crippen molar-refractivity contribution in [1.82, 2.24) is 9.97 Å². The van der Waals surface area contributed by atoms with E-state index in [0.717, 1.165) is 26.3 Å². The SMILES string of the molecule is OCc1ccc2cc(Br)c3ccc(CO)nc3c2n1. The fraction of sp³-hybridized carbons (Fsp3) is 0.143. The summed E-state index contributed by atoms with van der Waals surface area (Å²) in [7, 11) is 0. The van der Waals surface area contributed by atoms with E-state index in [9.17, 15) is 10.2 Å².